The van der Waals surface area contributed by atoms with Gasteiger partial charge in [0.25, 0.3) is 0 Å². The summed E-state index contributed by atoms with van der Waals surface area (Å²) in [5.41, 5.74) is 2.45. The molecule has 0 bridgehead atoms. The molecule has 152 valence electrons. The number of hydrogen-bond acceptors (Lipinski definition) is 4. The number of thiazole rings is 1. The van der Waals surface area contributed by atoms with E-state index in [1.165, 1.54) is 29.8 Å². The van der Waals surface area contributed by atoms with Crippen LogP contribution in [-0.4, -0.2) is 49.7 Å². The maximum atomic E-state index is 5.45. The van der Waals surface area contributed by atoms with Crippen molar-refractivity contribution in [3.63, 3.8) is 0 Å². The molecule has 0 saturated carbocycles. The zero-order valence-corrected chi connectivity index (χ0v) is 17.9. The van der Waals surface area contributed by atoms with Gasteiger partial charge in [0.2, 0.25) is 0 Å². The highest BCUT2D eigenvalue weighted by atomic mass is 32.1. The summed E-state index contributed by atoms with van der Waals surface area (Å²) in [5, 5.41) is 6.81. The number of nitrogens with one attached hydrogen (secondary N) is 1. The lowest BCUT2D eigenvalue weighted by atomic mass is 9.96. The van der Waals surface area contributed by atoms with Crippen molar-refractivity contribution in [3.05, 3.63) is 52.0 Å². The maximum Gasteiger partial charge on any atom is 0.193 e. The fourth-order valence-electron chi connectivity index (χ4n) is 3.51. The van der Waals surface area contributed by atoms with E-state index in [1.54, 1.807) is 11.3 Å². The lowest BCUT2D eigenvalue weighted by Crippen LogP contribution is -2.39. The Morgan fingerprint density at radius 2 is 2.04 bits per heavy atom. The van der Waals surface area contributed by atoms with E-state index < -0.39 is 0 Å². The SMILES string of the molecule is CN=C(NCc1csc(CCc2ccccc2)n1)N(C)CCC1CCOCC1. The second-order valence-electron chi connectivity index (χ2n) is 7.38. The molecule has 0 atom stereocenters. The topological polar surface area (TPSA) is 49.8 Å². The molecule has 0 spiro atoms. The predicted octanol–water partition coefficient (Wildman–Crippen LogP) is 3.75. The third kappa shape index (κ3) is 6.60. The van der Waals surface area contributed by atoms with E-state index in [1.807, 2.05) is 7.05 Å². The van der Waals surface area contributed by atoms with Crippen LogP contribution in [0.2, 0.25) is 0 Å². The van der Waals surface area contributed by atoms with Gasteiger partial charge < -0.3 is 15.0 Å². The van der Waals surface area contributed by atoms with Crippen LogP contribution in [0.3, 0.4) is 0 Å². The highest BCUT2D eigenvalue weighted by Crippen LogP contribution is 2.18. The minimum absolute atomic E-state index is 0.718. The summed E-state index contributed by atoms with van der Waals surface area (Å²) >= 11 is 1.75. The Morgan fingerprint density at radius 3 is 2.79 bits per heavy atom. The van der Waals surface area contributed by atoms with Crippen LogP contribution in [0, 0.1) is 5.92 Å². The number of aromatic nitrogens is 1. The van der Waals surface area contributed by atoms with Crippen molar-refractivity contribution >= 4 is 17.3 Å². The fraction of sp³-hybridized carbons (Fsp3) is 0.545. The van der Waals surface area contributed by atoms with Gasteiger partial charge in [0.1, 0.15) is 0 Å². The van der Waals surface area contributed by atoms with E-state index in [2.05, 4.69) is 58.0 Å². The first-order valence-corrected chi connectivity index (χ1v) is 11.1. The number of aryl methyl sites for hydroxylation is 2. The monoisotopic (exact) mass is 400 g/mol. The van der Waals surface area contributed by atoms with Gasteiger partial charge in [-0.3, -0.25) is 4.99 Å². The minimum atomic E-state index is 0.718. The Bertz CT molecular complexity index is 725. The largest absolute Gasteiger partial charge is 0.381 e. The van der Waals surface area contributed by atoms with Gasteiger partial charge in [0.05, 0.1) is 17.2 Å². The third-order valence-electron chi connectivity index (χ3n) is 5.28. The summed E-state index contributed by atoms with van der Waals surface area (Å²) in [7, 11) is 3.96. The summed E-state index contributed by atoms with van der Waals surface area (Å²) in [6.45, 7) is 3.56. The number of rotatable bonds is 8. The second kappa shape index (κ2) is 11.2. The van der Waals surface area contributed by atoms with Crippen LogP contribution in [0.25, 0.3) is 0 Å². The van der Waals surface area contributed by atoms with Gasteiger partial charge in [-0.2, -0.15) is 0 Å². The number of hydrogen-bond donors (Lipinski definition) is 1. The van der Waals surface area contributed by atoms with Crippen molar-refractivity contribution in [2.75, 3.05) is 33.9 Å². The minimum Gasteiger partial charge on any atom is -0.381 e. The molecule has 0 radical (unpaired) electrons. The van der Waals surface area contributed by atoms with Gasteiger partial charge >= 0.3 is 0 Å². The van der Waals surface area contributed by atoms with Crippen LogP contribution in [0.4, 0.5) is 0 Å². The first-order chi connectivity index (χ1) is 13.7. The quantitative estimate of drug-likeness (QED) is 0.542. The zero-order valence-electron chi connectivity index (χ0n) is 17.1. The molecule has 0 amide bonds. The van der Waals surface area contributed by atoms with E-state index in [0.717, 1.165) is 56.7 Å². The van der Waals surface area contributed by atoms with Crippen molar-refractivity contribution < 1.29 is 4.74 Å². The highest BCUT2D eigenvalue weighted by Gasteiger charge is 2.15. The molecule has 28 heavy (non-hydrogen) atoms. The van der Waals surface area contributed by atoms with Gasteiger partial charge in [-0.25, -0.2) is 4.98 Å². The van der Waals surface area contributed by atoms with E-state index >= 15 is 0 Å². The summed E-state index contributed by atoms with van der Waals surface area (Å²) < 4.78 is 5.45. The van der Waals surface area contributed by atoms with E-state index in [9.17, 15) is 0 Å². The Hall–Kier alpha value is -1.92. The van der Waals surface area contributed by atoms with Gasteiger partial charge in [-0.15, -0.1) is 11.3 Å². The van der Waals surface area contributed by atoms with Crippen LogP contribution in [-0.2, 0) is 24.1 Å². The van der Waals surface area contributed by atoms with Gasteiger partial charge in [0, 0.05) is 45.7 Å². The predicted molar refractivity (Wildman–Crippen MR) is 117 cm³/mol. The van der Waals surface area contributed by atoms with Gasteiger partial charge in [0.15, 0.2) is 5.96 Å². The number of aliphatic imine (C=N–C) groups is 1. The fourth-order valence-corrected chi connectivity index (χ4v) is 4.31. The van der Waals surface area contributed by atoms with Crippen molar-refractivity contribution in [3.8, 4) is 0 Å². The molecule has 5 nitrogen and oxygen atoms in total. The molecule has 6 heteroatoms. The molecule has 3 rings (SSSR count). The van der Waals surface area contributed by atoms with Gasteiger partial charge in [-0.05, 0) is 37.2 Å². The molecule has 2 aromatic rings. The Labute approximate surface area is 172 Å². The summed E-state index contributed by atoms with van der Waals surface area (Å²) in [6.07, 6.45) is 5.60. The highest BCUT2D eigenvalue weighted by molar-refractivity contribution is 7.09. The number of nitrogens with zero attached hydrogens (tertiary/aromatic N) is 3. The van der Waals surface area contributed by atoms with Crippen LogP contribution < -0.4 is 5.32 Å². The molecule has 2 heterocycles. The van der Waals surface area contributed by atoms with Crippen LogP contribution in [0.15, 0.2) is 40.7 Å². The summed E-state index contributed by atoms with van der Waals surface area (Å²) in [4.78, 5) is 11.4. The first kappa shape index (κ1) is 20.8. The molecule has 1 aromatic carbocycles. The van der Waals surface area contributed by atoms with Crippen molar-refractivity contribution in [1.29, 1.82) is 0 Å². The average molecular weight is 401 g/mol. The van der Waals surface area contributed by atoms with Crippen LogP contribution in [0.5, 0.6) is 0 Å². The average Bonchev–Trinajstić information content (AvgIpc) is 3.20. The van der Waals surface area contributed by atoms with Crippen LogP contribution >= 0.6 is 11.3 Å². The molecule has 1 aromatic heterocycles. The lowest BCUT2D eigenvalue weighted by molar-refractivity contribution is 0.0625. The van der Waals surface area contributed by atoms with Gasteiger partial charge in [-0.1, -0.05) is 30.3 Å². The normalized spacial score (nSPS) is 15.6. The first-order valence-electron chi connectivity index (χ1n) is 10.2. The van der Waals surface area contributed by atoms with E-state index in [0.29, 0.717) is 0 Å². The molecular weight excluding hydrogens is 368 g/mol. The summed E-state index contributed by atoms with van der Waals surface area (Å²) in [6, 6.07) is 10.6. The van der Waals surface area contributed by atoms with Crippen molar-refractivity contribution in [2.24, 2.45) is 10.9 Å². The smallest absolute Gasteiger partial charge is 0.193 e. The third-order valence-corrected chi connectivity index (χ3v) is 6.24. The number of ether oxygens (including phenoxy) is 1. The molecular formula is C22H32N4OS. The van der Waals surface area contributed by atoms with E-state index in [-0.39, 0.29) is 0 Å². The van der Waals surface area contributed by atoms with Crippen LogP contribution in [0.1, 0.15) is 35.5 Å². The second-order valence-corrected chi connectivity index (χ2v) is 8.33. The van der Waals surface area contributed by atoms with Crippen molar-refractivity contribution in [2.45, 2.75) is 38.6 Å². The van der Waals surface area contributed by atoms with E-state index in [4.69, 9.17) is 9.72 Å². The molecule has 1 aliphatic heterocycles. The Morgan fingerprint density at radius 1 is 1.25 bits per heavy atom. The molecule has 0 unspecified atom stereocenters. The Kier molecular flexibility index (Phi) is 8.30. The number of benzene rings is 1. The molecule has 1 fully saturated rings. The number of guanidine groups is 1. The Balaban J connectivity index is 1.41. The molecule has 1 N–H and O–H groups in total. The molecule has 1 aliphatic rings. The molecule has 1 saturated heterocycles. The van der Waals surface area contributed by atoms with Crippen molar-refractivity contribution in [1.82, 2.24) is 15.2 Å². The lowest BCUT2D eigenvalue weighted by Gasteiger charge is -2.26. The maximum absolute atomic E-state index is 5.45. The zero-order chi connectivity index (χ0) is 19.6. The molecule has 0 aliphatic carbocycles. The summed E-state index contributed by atoms with van der Waals surface area (Å²) in [5.74, 6) is 1.71. The standard InChI is InChI=1S/C22H32N4OS/c1-23-22(26(2)13-10-19-11-14-27-15-12-19)24-16-20-17-28-21(25-20)9-8-18-6-4-3-5-7-18/h3-7,17,19H,8-16H2,1-2H3,(H,23,24).